The Balaban J connectivity index is 0.000000357. The molecule has 1 saturated heterocycles. The molecule has 0 atom stereocenters. The second kappa shape index (κ2) is 7.18. The smallest absolute Gasteiger partial charge is 0.300 e. The van der Waals surface area contributed by atoms with Crippen LogP contribution in [0.15, 0.2) is 18.3 Å². The number of aromatic nitrogens is 1. The zero-order valence-corrected chi connectivity index (χ0v) is 11.4. The number of carbonyl (C=O) groups is 1. The molecule has 0 saturated carbocycles. The zero-order chi connectivity index (χ0) is 13.5. The van der Waals surface area contributed by atoms with Gasteiger partial charge in [0, 0.05) is 44.3 Å². The average molecular weight is 272 g/mol. The van der Waals surface area contributed by atoms with E-state index in [-0.39, 0.29) is 0 Å². The Morgan fingerprint density at radius 2 is 1.94 bits per heavy atom. The van der Waals surface area contributed by atoms with E-state index in [0.717, 1.165) is 43.9 Å². The maximum absolute atomic E-state index is 9.00. The summed E-state index contributed by atoms with van der Waals surface area (Å²) < 4.78 is 0. The van der Waals surface area contributed by atoms with Gasteiger partial charge in [0.1, 0.15) is 5.82 Å². The van der Waals surface area contributed by atoms with Gasteiger partial charge in [0.05, 0.1) is 0 Å². The maximum Gasteiger partial charge on any atom is 0.300 e. The van der Waals surface area contributed by atoms with Crippen LogP contribution in [-0.4, -0.2) is 54.2 Å². The van der Waals surface area contributed by atoms with Crippen molar-refractivity contribution in [2.45, 2.75) is 6.92 Å². The van der Waals surface area contributed by atoms with Gasteiger partial charge in [-0.15, -0.1) is 0 Å². The van der Waals surface area contributed by atoms with Crippen molar-refractivity contribution >= 4 is 23.4 Å². The topological polar surface area (TPSA) is 56.7 Å². The highest BCUT2D eigenvalue weighted by Crippen LogP contribution is 2.17. The number of rotatable bonds is 1. The molecule has 1 aliphatic rings. The minimum atomic E-state index is -0.833. The third kappa shape index (κ3) is 5.33. The molecule has 0 aromatic carbocycles. The molecule has 1 aliphatic heterocycles. The highest BCUT2D eigenvalue weighted by Gasteiger charge is 2.14. The molecule has 18 heavy (non-hydrogen) atoms. The first kappa shape index (κ1) is 14.7. The first-order chi connectivity index (χ1) is 8.49. The number of pyridine rings is 1. The number of halogens is 1. The van der Waals surface area contributed by atoms with Crippen LogP contribution in [0, 0.1) is 0 Å². The molecule has 1 aromatic rings. The Morgan fingerprint density at radius 3 is 2.44 bits per heavy atom. The molecule has 5 nitrogen and oxygen atoms in total. The van der Waals surface area contributed by atoms with E-state index in [9.17, 15) is 0 Å². The van der Waals surface area contributed by atoms with Crippen molar-refractivity contribution in [3.05, 3.63) is 23.4 Å². The van der Waals surface area contributed by atoms with Gasteiger partial charge in [0.25, 0.3) is 5.97 Å². The van der Waals surface area contributed by atoms with E-state index in [1.54, 1.807) is 12.3 Å². The van der Waals surface area contributed by atoms with Gasteiger partial charge in [0.15, 0.2) is 0 Å². The zero-order valence-electron chi connectivity index (χ0n) is 10.6. The van der Waals surface area contributed by atoms with E-state index < -0.39 is 5.97 Å². The Labute approximate surface area is 112 Å². The summed E-state index contributed by atoms with van der Waals surface area (Å²) in [5.41, 5.74) is 0. The number of carboxylic acid groups (broad SMARTS) is 1. The molecule has 0 bridgehead atoms. The normalized spacial score (nSPS) is 15.8. The minimum absolute atomic E-state index is 0.758. The minimum Gasteiger partial charge on any atom is -0.481 e. The van der Waals surface area contributed by atoms with Crippen LogP contribution in [0.2, 0.25) is 5.02 Å². The lowest BCUT2D eigenvalue weighted by atomic mass is 10.3. The average Bonchev–Trinajstić information content (AvgIpc) is 2.29. The molecule has 1 fully saturated rings. The third-order valence-electron chi connectivity index (χ3n) is 2.53. The fourth-order valence-corrected chi connectivity index (χ4v) is 1.76. The third-order valence-corrected chi connectivity index (χ3v) is 2.77. The highest BCUT2D eigenvalue weighted by molar-refractivity contribution is 6.30. The number of aliphatic carboxylic acids is 1. The number of anilines is 1. The molecule has 1 N–H and O–H groups in total. The summed E-state index contributed by atoms with van der Waals surface area (Å²) in [4.78, 5) is 17.9. The second-order valence-electron chi connectivity index (χ2n) is 4.14. The number of carboxylic acids is 1. The second-order valence-corrected chi connectivity index (χ2v) is 4.58. The van der Waals surface area contributed by atoms with Crippen LogP contribution < -0.4 is 4.90 Å². The highest BCUT2D eigenvalue weighted by atomic mass is 35.5. The number of nitrogens with zero attached hydrogens (tertiary/aromatic N) is 3. The number of piperazine rings is 1. The number of hydrogen-bond donors (Lipinski definition) is 1. The summed E-state index contributed by atoms with van der Waals surface area (Å²) in [5.74, 6) is 0.158. The van der Waals surface area contributed by atoms with Gasteiger partial charge in [-0.25, -0.2) is 4.98 Å². The van der Waals surface area contributed by atoms with Gasteiger partial charge < -0.3 is 14.9 Å². The molecule has 0 unspecified atom stereocenters. The quantitative estimate of drug-likeness (QED) is 0.840. The molecule has 0 amide bonds. The number of likely N-dealkylation sites (N-methyl/N-ethyl adjacent to an activating group) is 1. The molecule has 0 radical (unpaired) electrons. The lowest BCUT2D eigenvalue weighted by Crippen LogP contribution is -2.44. The van der Waals surface area contributed by atoms with E-state index in [0.29, 0.717) is 0 Å². The summed E-state index contributed by atoms with van der Waals surface area (Å²) in [5, 5.41) is 8.17. The van der Waals surface area contributed by atoms with E-state index in [4.69, 9.17) is 21.5 Å². The summed E-state index contributed by atoms with van der Waals surface area (Å²) >= 11 is 5.92. The Bertz CT molecular complexity index is 389. The first-order valence-electron chi connectivity index (χ1n) is 5.73. The van der Waals surface area contributed by atoms with E-state index in [1.807, 2.05) is 6.07 Å². The van der Waals surface area contributed by atoms with Crippen molar-refractivity contribution in [2.24, 2.45) is 0 Å². The molecular formula is C12H18ClN3O2. The van der Waals surface area contributed by atoms with Crippen LogP contribution in [0.25, 0.3) is 0 Å². The van der Waals surface area contributed by atoms with Crippen molar-refractivity contribution in [2.75, 3.05) is 38.1 Å². The lowest BCUT2D eigenvalue weighted by molar-refractivity contribution is -0.134. The van der Waals surface area contributed by atoms with Gasteiger partial charge in [-0.05, 0) is 19.2 Å². The first-order valence-corrected chi connectivity index (χ1v) is 6.11. The van der Waals surface area contributed by atoms with Gasteiger partial charge in [0.2, 0.25) is 0 Å². The van der Waals surface area contributed by atoms with Crippen molar-refractivity contribution in [3.8, 4) is 0 Å². The van der Waals surface area contributed by atoms with Crippen molar-refractivity contribution in [1.82, 2.24) is 9.88 Å². The monoisotopic (exact) mass is 271 g/mol. The molecule has 100 valence electrons. The van der Waals surface area contributed by atoms with Crippen LogP contribution in [0.4, 0.5) is 5.82 Å². The summed E-state index contributed by atoms with van der Waals surface area (Å²) in [7, 11) is 2.14. The van der Waals surface area contributed by atoms with Gasteiger partial charge in [-0.2, -0.15) is 0 Å². The predicted octanol–water partition coefficient (Wildman–Crippen LogP) is 1.58. The molecule has 1 aromatic heterocycles. The van der Waals surface area contributed by atoms with Crippen LogP contribution in [0.3, 0.4) is 0 Å². The Kier molecular flexibility index (Phi) is 5.88. The van der Waals surface area contributed by atoms with Crippen LogP contribution >= 0.6 is 11.6 Å². The van der Waals surface area contributed by atoms with Gasteiger partial charge >= 0.3 is 0 Å². The van der Waals surface area contributed by atoms with E-state index >= 15 is 0 Å². The van der Waals surface area contributed by atoms with Crippen LogP contribution in [0.5, 0.6) is 0 Å². The predicted molar refractivity (Wildman–Crippen MR) is 72.3 cm³/mol. The molecule has 0 spiro atoms. The largest absolute Gasteiger partial charge is 0.481 e. The SMILES string of the molecule is CC(=O)O.CN1CCN(c2cc(Cl)ccn2)CC1. The van der Waals surface area contributed by atoms with E-state index in [2.05, 4.69) is 21.8 Å². The molecular weight excluding hydrogens is 254 g/mol. The summed E-state index contributed by atoms with van der Waals surface area (Å²) in [6.45, 7) is 5.33. The standard InChI is InChI=1S/C10H14ClN3.C2H4O2/c1-13-4-6-14(7-5-13)10-8-9(11)2-3-12-10;1-2(3)4/h2-3,8H,4-7H2,1H3;1H3,(H,3,4). The number of hydrogen-bond acceptors (Lipinski definition) is 4. The Hall–Kier alpha value is -1.33. The van der Waals surface area contributed by atoms with Crippen LogP contribution in [-0.2, 0) is 4.79 Å². The molecule has 2 rings (SSSR count). The molecule has 0 aliphatic carbocycles. The molecule has 6 heteroatoms. The van der Waals surface area contributed by atoms with Crippen LogP contribution in [0.1, 0.15) is 6.92 Å². The maximum atomic E-state index is 9.00. The van der Waals surface area contributed by atoms with Crippen molar-refractivity contribution in [3.63, 3.8) is 0 Å². The fourth-order valence-electron chi connectivity index (χ4n) is 1.60. The molecule has 2 heterocycles. The van der Waals surface area contributed by atoms with Gasteiger partial charge in [-0.3, -0.25) is 4.79 Å². The summed E-state index contributed by atoms with van der Waals surface area (Å²) in [6, 6.07) is 3.73. The Morgan fingerprint density at radius 1 is 1.39 bits per heavy atom. The van der Waals surface area contributed by atoms with E-state index in [1.165, 1.54) is 0 Å². The van der Waals surface area contributed by atoms with Crippen molar-refractivity contribution < 1.29 is 9.90 Å². The summed E-state index contributed by atoms with van der Waals surface area (Å²) in [6.07, 6.45) is 1.76. The van der Waals surface area contributed by atoms with Gasteiger partial charge in [-0.1, -0.05) is 11.6 Å². The fraction of sp³-hybridized carbons (Fsp3) is 0.500. The lowest BCUT2D eigenvalue weighted by Gasteiger charge is -2.33. The van der Waals surface area contributed by atoms with Crippen molar-refractivity contribution in [1.29, 1.82) is 0 Å².